The van der Waals surface area contributed by atoms with Gasteiger partial charge in [-0.05, 0) is 109 Å². The largest absolute Gasteiger partial charge is 0.493 e. The second kappa shape index (κ2) is 16.1. The maximum absolute atomic E-state index is 12.0. The molecule has 3 rings (SSSR count). The lowest BCUT2D eigenvalue weighted by atomic mass is 9.88. The Kier molecular flexibility index (Phi) is 12.9. The zero-order valence-corrected chi connectivity index (χ0v) is 26.9. The van der Waals surface area contributed by atoms with Gasteiger partial charge in [0.1, 0.15) is 0 Å². The lowest BCUT2D eigenvalue weighted by molar-refractivity contribution is -0.344. The van der Waals surface area contributed by atoms with Crippen molar-refractivity contribution in [2.75, 3.05) is 0 Å². The van der Waals surface area contributed by atoms with E-state index in [1.807, 2.05) is 0 Å². The molecule has 0 saturated carbocycles. The molecule has 2 heteroatoms. The van der Waals surface area contributed by atoms with E-state index in [0.29, 0.717) is 0 Å². The molecule has 1 heterocycles. The summed E-state index contributed by atoms with van der Waals surface area (Å²) in [5.74, 6) is 0. The van der Waals surface area contributed by atoms with Gasteiger partial charge in [0, 0.05) is 22.8 Å². The molecule has 0 saturated heterocycles. The Morgan fingerprint density at radius 1 is 0.500 bits per heavy atom. The van der Waals surface area contributed by atoms with Gasteiger partial charge in [-0.25, -0.2) is 4.70 Å². The van der Waals surface area contributed by atoms with E-state index in [-0.39, 0.29) is 0 Å². The van der Waals surface area contributed by atoms with Gasteiger partial charge in [0.2, 0.25) is 11.4 Å². The van der Waals surface area contributed by atoms with E-state index in [1.54, 1.807) is 15.8 Å². The molecular formula is C38H56N2. The van der Waals surface area contributed by atoms with Crippen LogP contribution in [0, 0.1) is 0 Å². The molecule has 0 atom stereocenters. The van der Waals surface area contributed by atoms with Crippen molar-refractivity contribution in [2.24, 2.45) is 0 Å². The van der Waals surface area contributed by atoms with E-state index in [0.717, 1.165) is 94.9 Å². The van der Waals surface area contributed by atoms with E-state index in [4.69, 9.17) is 0 Å². The summed E-state index contributed by atoms with van der Waals surface area (Å²) in [6, 6.07) is 9.59. The van der Waals surface area contributed by atoms with E-state index in [1.165, 1.54) is 51.8 Å². The van der Waals surface area contributed by atoms with Crippen LogP contribution in [0.15, 0.2) is 35.9 Å². The molecule has 1 aliphatic rings. The molecule has 0 N–H and O–H groups in total. The predicted molar refractivity (Wildman–Crippen MR) is 175 cm³/mol. The fraction of sp³-hybridized carbons (Fsp3) is 0.579. The Bertz CT molecular complexity index is 1160. The minimum atomic E-state index is 0.950. The molecule has 0 unspecified atom stereocenters. The number of benzene rings is 2. The molecule has 0 bridgehead atoms. The molecule has 2 aromatic rings. The third-order valence-electron chi connectivity index (χ3n) is 8.37. The van der Waals surface area contributed by atoms with Crippen LogP contribution in [0.1, 0.15) is 151 Å². The predicted octanol–water partition coefficient (Wildman–Crippen LogP) is 11.4. The van der Waals surface area contributed by atoms with Gasteiger partial charge in [0.05, 0.1) is 0 Å². The van der Waals surface area contributed by atoms with E-state index in [2.05, 4.69) is 78.8 Å². The fourth-order valence-corrected chi connectivity index (χ4v) is 6.61. The quantitative estimate of drug-likeness (QED) is 0.178. The zero-order chi connectivity index (χ0) is 29.1. The van der Waals surface area contributed by atoms with E-state index in [9.17, 15) is 5.53 Å². The Morgan fingerprint density at radius 3 is 1.27 bits per heavy atom. The van der Waals surface area contributed by atoms with Crippen LogP contribution in [0.3, 0.4) is 0 Å². The summed E-state index contributed by atoms with van der Waals surface area (Å²) in [5, 5.41) is 0. The van der Waals surface area contributed by atoms with Gasteiger partial charge in [-0.2, -0.15) is 0 Å². The van der Waals surface area contributed by atoms with E-state index >= 15 is 0 Å². The minimum Gasteiger partial charge on any atom is -0.493 e. The molecule has 0 aromatic heterocycles. The number of rotatable bonds is 17. The molecule has 0 aliphatic carbocycles. The van der Waals surface area contributed by atoms with Gasteiger partial charge in [-0.3, -0.25) is 0 Å². The van der Waals surface area contributed by atoms with Crippen LogP contribution >= 0.6 is 0 Å². The van der Waals surface area contributed by atoms with Crippen LogP contribution < -0.4 is 0 Å². The molecule has 40 heavy (non-hydrogen) atoms. The lowest BCUT2D eigenvalue weighted by Crippen LogP contribution is -2.08. The first-order valence-electron chi connectivity index (χ1n) is 16.7. The Labute approximate surface area is 246 Å². The summed E-state index contributed by atoms with van der Waals surface area (Å²) in [7, 11) is 0. The first-order valence-corrected chi connectivity index (χ1v) is 16.7. The van der Waals surface area contributed by atoms with Gasteiger partial charge in [0.15, 0.2) is 0 Å². The van der Waals surface area contributed by atoms with Crippen molar-refractivity contribution in [3.05, 3.63) is 86.0 Å². The maximum atomic E-state index is 12.0. The van der Waals surface area contributed by atoms with Crippen molar-refractivity contribution < 1.29 is 4.70 Å². The fourth-order valence-electron chi connectivity index (χ4n) is 6.61. The summed E-state index contributed by atoms with van der Waals surface area (Å²) >= 11 is 0. The normalized spacial score (nSPS) is 13.5. The van der Waals surface area contributed by atoms with Crippen LogP contribution in [0.4, 0.5) is 0 Å². The van der Waals surface area contributed by atoms with Crippen molar-refractivity contribution in [1.29, 1.82) is 0 Å². The van der Waals surface area contributed by atoms with Crippen LogP contribution in [-0.4, -0.2) is 4.70 Å². The van der Waals surface area contributed by atoms with Crippen LogP contribution in [0.2, 0.25) is 0 Å². The summed E-state index contributed by atoms with van der Waals surface area (Å²) in [6.45, 7) is 16.0. The first kappa shape index (κ1) is 32.0. The highest BCUT2D eigenvalue weighted by atomic mass is 15.2. The van der Waals surface area contributed by atoms with Crippen LogP contribution in [0.5, 0.6) is 0 Å². The highest BCUT2D eigenvalue weighted by molar-refractivity contribution is 5.79. The Morgan fingerprint density at radius 2 is 0.900 bits per heavy atom. The second-order valence-electron chi connectivity index (χ2n) is 11.9. The number of aryl methyl sites for hydroxylation is 4. The Hall–Kier alpha value is -2.48. The summed E-state index contributed by atoms with van der Waals surface area (Å²) in [5.41, 5.74) is 26.6. The van der Waals surface area contributed by atoms with Gasteiger partial charge < -0.3 is 5.53 Å². The maximum Gasteiger partial charge on any atom is 0.210 e. The van der Waals surface area contributed by atoms with Gasteiger partial charge in [-0.1, -0.05) is 93.4 Å². The SMILES string of the molecule is CCCCC1=C(c2cc(CCC)c(CCC)c(CCC)c2)[N+](=[N-])C(c2cc(CCC)c(CCC)c(CCC)c2)=C1. The molecule has 1 aliphatic heterocycles. The molecule has 0 fully saturated rings. The lowest BCUT2D eigenvalue weighted by Gasteiger charge is -2.19. The van der Waals surface area contributed by atoms with Gasteiger partial charge in [-0.15, -0.1) is 0 Å². The standard InChI is InChI=1S/C38H56N2/c1-8-15-22-32-27-37(33-23-28(16-9-2)35(20-13-6)29(24-33)17-10-3)40(39)38(32)34-25-30(18-11-4)36(21-14-7)31(26-34)19-12-5/h23-27H,8-22H2,1-7H3. The van der Waals surface area contributed by atoms with Gasteiger partial charge >= 0.3 is 0 Å². The highest BCUT2D eigenvalue weighted by Crippen LogP contribution is 2.40. The molecule has 2 nitrogen and oxygen atoms in total. The number of unbranched alkanes of at least 4 members (excludes halogenated alkanes) is 1. The van der Waals surface area contributed by atoms with Crippen molar-refractivity contribution in [1.82, 2.24) is 0 Å². The van der Waals surface area contributed by atoms with Crippen LogP contribution in [0.25, 0.3) is 16.9 Å². The molecule has 0 radical (unpaired) electrons. The van der Waals surface area contributed by atoms with Crippen molar-refractivity contribution in [2.45, 2.75) is 145 Å². The molecule has 218 valence electrons. The topological polar surface area (TPSA) is 25.3 Å². The number of allylic oxidation sites excluding steroid dienone is 2. The first-order chi connectivity index (χ1) is 19.5. The smallest absolute Gasteiger partial charge is 0.210 e. The monoisotopic (exact) mass is 540 g/mol. The van der Waals surface area contributed by atoms with Crippen LogP contribution in [-0.2, 0) is 38.5 Å². The minimum absolute atomic E-state index is 0.950. The number of hydrogen-bond donors (Lipinski definition) is 0. The molecule has 0 amide bonds. The molecule has 0 spiro atoms. The average molecular weight is 541 g/mol. The summed E-state index contributed by atoms with van der Waals surface area (Å²) in [6.07, 6.45) is 19.2. The third kappa shape index (κ3) is 7.42. The zero-order valence-electron chi connectivity index (χ0n) is 26.9. The second-order valence-corrected chi connectivity index (χ2v) is 11.9. The van der Waals surface area contributed by atoms with Crippen molar-refractivity contribution >= 4 is 11.4 Å². The number of nitrogens with zero attached hydrogens (tertiary/aromatic N) is 2. The Balaban J connectivity index is 2.18. The third-order valence-corrected chi connectivity index (χ3v) is 8.37. The van der Waals surface area contributed by atoms with Gasteiger partial charge in [0.25, 0.3) is 0 Å². The molecular weight excluding hydrogens is 484 g/mol. The highest BCUT2D eigenvalue weighted by Gasteiger charge is 2.30. The van der Waals surface area contributed by atoms with E-state index < -0.39 is 0 Å². The molecule has 2 aromatic carbocycles. The summed E-state index contributed by atoms with van der Waals surface area (Å²) in [4.78, 5) is 0. The number of hydrogen-bond acceptors (Lipinski definition) is 0. The summed E-state index contributed by atoms with van der Waals surface area (Å²) < 4.78 is 1.55. The average Bonchev–Trinajstić information content (AvgIpc) is 3.27. The van der Waals surface area contributed by atoms with Crippen molar-refractivity contribution in [3.8, 4) is 0 Å². The van der Waals surface area contributed by atoms with Crippen molar-refractivity contribution in [3.63, 3.8) is 0 Å².